The number of alkyl halides is 1. The molecule has 68 valence electrons. The van der Waals surface area contributed by atoms with Gasteiger partial charge >= 0.3 is 0 Å². The Balaban J connectivity index is 2.15. The Morgan fingerprint density at radius 3 is 2.92 bits per heavy atom. The number of hydrogen-bond acceptors (Lipinski definition) is 2. The van der Waals surface area contributed by atoms with E-state index in [1.165, 1.54) is 0 Å². The lowest BCUT2D eigenvalue weighted by Gasteiger charge is -2.01. The second kappa shape index (κ2) is 5.72. The van der Waals surface area contributed by atoms with E-state index in [2.05, 4.69) is 37.0 Å². The normalized spacial score (nSPS) is 10.5. The van der Waals surface area contributed by atoms with E-state index in [9.17, 15) is 0 Å². The van der Waals surface area contributed by atoms with Crippen molar-refractivity contribution in [3.8, 4) is 0 Å². The van der Waals surface area contributed by atoms with Crippen LogP contribution < -0.4 is 0 Å². The molecule has 1 aromatic rings. The second-order valence-corrected chi connectivity index (χ2v) is 3.93. The molecule has 1 rings (SSSR count). The highest BCUT2D eigenvalue weighted by molar-refractivity contribution is 9.10. The van der Waals surface area contributed by atoms with Crippen LogP contribution in [0.3, 0.4) is 0 Å². The van der Waals surface area contributed by atoms with E-state index in [-0.39, 0.29) is 0 Å². The van der Waals surface area contributed by atoms with Crippen molar-refractivity contribution in [2.45, 2.75) is 6.54 Å². The summed E-state index contributed by atoms with van der Waals surface area (Å²) in [6.45, 7) is 2.26. The van der Waals surface area contributed by atoms with E-state index in [1.54, 1.807) is 6.20 Å². The molecule has 0 unspecified atom stereocenters. The molecule has 0 radical (unpaired) electrons. The zero-order chi connectivity index (χ0) is 8.81. The second-order valence-electron chi connectivity index (χ2n) is 2.22. The zero-order valence-corrected chi connectivity index (χ0v) is 9.71. The highest BCUT2D eigenvalue weighted by Gasteiger charge is 1.93. The predicted molar refractivity (Wildman–Crippen MR) is 54.5 cm³/mol. The summed E-state index contributed by atoms with van der Waals surface area (Å²) in [4.78, 5) is 0. The highest BCUT2D eigenvalue weighted by atomic mass is 79.9. The van der Waals surface area contributed by atoms with Gasteiger partial charge in [-0.3, -0.25) is 4.68 Å². The standard InChI is InChI=1S/C7H10Br2N2O/c8-1-3-12-4-2-11-6-7(9)5-10-11/h5-6H,1-4H2. The van der Waals surface area contributed by atoms with Crippen LogP contribution in [0.15, 0.2) is 16.9 Å². The van der Waals surface area contributed by atoms with Crippen LogP contribution >= 0.6 is 31.9 Å². The molecule has 0 saturated carbocycles. The van der Waals surface area contributed by atoms with Crippen LogP contribution in [0.2, 0.25) is 0 Å². The lowest BCUT2D eigenvalue weighted by Crippen LogP contribution is -2.07. The first kappa shape index (κ1) is 10.2. The molecule has 0 aromatic carbocycles. The number of hydrogen-bond donors (Lipinski definition) is 0. The number of halogens is 2. The Kier molecular flexibility index (Phi) is 4.87. The summed E-state index contributed by atoms with van der Waals surface area (Å²) in [7, 11) is 0. The van der Waals surface area contributed by atoms with Crippen molar-refractivity contribution < 1.29 is 4.74 Å². The molecule has 0 aliphatic carbocycles. The Labute approximate surface area is 88.3 Å². The van der Waals surface area contributed by atoms with E-state index >= 15 is 0 Å². The smallest absolute Gasteiger partial charge is 0.0663 e. The average molecular weight is 298 g/mol. The van der Waals surface area contributed by atoms with Gasteiger partial charge in [-0.25, -0.2) is 0 Å². The third-order valence-corrected chi connectivity index (χ3v) is 2.02. The van der Waals surface area contributed by atoms with Gasteiger partial charge in [-0.2, -0.15) is 5.10 Å². The van der Waals surface area contributed by atoms with Gasteiger partial charge in [0.25, 0.3) is 0 Å². The van der Waals surface area contributed by atoms with Crippen LogP contribution in [-0.4, -0.2) is 28.3 Å². The largest absolute Gasteiger partial charge is 0.379 e. The molecule has 12 heavy (non-hydrogen) atoms. The summed E-state index contributed by atoms with van der Waals surface area (Å²) < 4.78 is 8.12. The van der Waals surface area contributed by atoms with Crippen LogP contribution in [0.1, 0.15) is 0 Å². The molecule has 0 aliphatic rings. The Morgan fingerprint density at radius 1 is 1.50 bits per heavy atom. The van der Waals surface area contributed by atoms with E-state index in [0.29, 0.717) is 6.61 Å². The van der Waals surface area contributed by atoms with E-state index in [1.807, 2.05) is 10.9 Å². The van der Waals surface area contributed by atoms with E-state index < -0.39 is 0 Å². The van der Waals surface area contributed by atoms with Crippen LogP contribution in [-0.2, 0) is 11.3 Å². The molecule has 0 atom stereocenters. The molecule has 0 N–H and O–H groups in total. The van der Waals surface area contributed by atoms with Crippen molar-refractivity contribution in [3.05, 3.63) is 16.9 Å². The summed E-state index contributed by atoms with van der Waals surface area (Å²) in [6.07, 6.45) is 3.70. The third kappa shape index (κ3) is 3.69. The summed E-state index contributed by atoms with van der Waals surface area (Å²) in [5.74, 6) is 0. The topological polar surface area (TPSA) is 27.1 Å². The molecule has 0 saturated heterocycles. The minimum absolute atomic E-state index is 0.708. The molecule has 0 fully saturated rings. The van der Waals surface area contributed by atoms with Gasteiger partial charge in [-0.05, 0) is 15.9 Å². The van der Waals surface area contributed by atoms with Crippen molar-refractivity contribution in [2.24, 2.45) is 0 Å². The van der Waals surface area contributed by atoms with Crippen molar-refractivity contribution >= 4 is 31.9 Å². The minimum Gasteiger partial charge on any atom is -0.379 e. The van der Waals surface area contributed by atoms with Crippen LogP contribution in [0.25, 0.3) is 0 Å². The molecule has 3 nitrogen and oxygen atoms in total. The van der Waals surface area contributed by atoms with Crippen molar-refractivity contribution in [1.29, 1.82) is 0 Å². The molecular formula is C7H10Br2N2O. The first-order valence-corrected chi connectivity index (χ1v) is 5.56. The summed E-state index contributed by atoms with van der Waals surface area (Å²) >= 11 is 6.61. The van der Waals surface area contributed by atoms with Crippen LogP contribution in [0, 0.1) is 0 Å². The van der Waals surface area contributed by atoms with Crippen LogP contribution in [0.4, 0.5) is 0 Å². The highest BCUT2D eigenvalue weighted by Crippen LogP contribution is 2.05. The minimum atomic E-state index is 0.708. The van der Waals surface area contributed by atoms with Gasteiger partial charge < -0.3 is 4.74 Å². The Bertz CT molecular complexity index is 227. The molecule has 0 spiro atoms. The monoisotopic (exact) mass is 296 g/mol. The number of ether oxygens (including phenoxy) is 1. The molecule has 0 amide bonds. The van der Waals surface area contributed by atoms with E-state index in [0.717, 1.165) is 23.0 Å². The van der Waals surface area contributed by atoms with Gasteiger partial charge in [0.15, 0.2) is 0 Å². The van der Waals surface area contributed by atoms with Gasteiger partial charge in [-0.15, -0.1) is 0 Å². The maximum Gasteiger partial charge on any atom is 0.0663 e. The van der Waals surface area contributed by atoms with Crippen molar-refractivity contribution in [1.82, 2.24) is 9.78 Å². The summed E-state index contributed by atoms with van der Waals surface area (Å²) in [5, 5.41) is 4.98. The summed E-state index contributed by atoms with van der Waals surface area (Å²) in [6, 6.07) is 0. The molecule has 1 aromatic heterocycles. The lowest BCUT2D eigenvalue weighted by atomic mass is 10.6. The van der Waals surface area contributed by atoms with Gasteiger partial charge in [0.1, 0.15) is 0 Å². The lowest BCUT2D eigenvalue weighted by molar-refractivity contribution is 0.139. The number of aromatic nitrogens is 2. The quantitative estimate of drug-likeness (QED) is 0.614. The average Bonchev–Trinajstić information content (AvgIpc) is 2.45. The molecule has 5 heteroatoms. The fourth-order valence-corrected chi connectivity index (χ4v) is 1.33. The van der Waals surface area contributed by atoms with Gasteiger partial charge in [0, 0.05) is 11.5 Å². The maximum atomic E-state index is 5.27. The third-order valence-electron chi connectivity index (χ3n) is 1.29. The molecule has 0 aliphatic heterocycles. The first-order chi connectivity index (χ1) is 5.83. The van der Waals surface area contributed by atoms with Crippen molar-refractivity contribution in [3.63, 3.8) is 0 Å². The van der Waals surface area contributed by atoms with Crippen molar-refractivity contribution in [2.75, 3.05) is 18.5 Å². The SMILES string of the molecule is BrCCOCCn1cc(Br)cn1. The number of rotatable bonds is 5. The summed E-state index contributed by atoms with van der Waals surface area (Å²) in [5.41, 5.74) is 0. The fraction of sp³-hybridized carbons (Fsp3) is 0.571. The Hall–Kier alpha value is 0.130. The maximum absolute atomic E-state index is 5.27. The predicted octanol–water partition coefficient (Wildman–Crippen LogP) is 2.06. The van der Waals surface area contributed by atoms with E-state index in [4.69, 9.17) is 4.74 Å². The fourth-order valence-electron chi connectivity index (χ4n) is 0.775. The Morgan fingerprint density at radius 2 is 2.33 bits per heavy atom. The first-order valence-electron chi connectivity index (χ1n) is 3.64. The van der Waals surface area contributed by atoms with Gasteiger partial charge in [0.05, 0.1) is 30.4 Å². The zero-order valence-electron chi connectivity index (χ0n) is 6.54. The van der Waals surface area contributed by atoms with Gasteiger partial charge in [0.2, 0.25) is 0 Å². The molecular weight excluding hydrogens is 288 g/mol. The molecule has 0 bridgehead atoms. The van der Waals surface area contributed by atoms with Gasteiger partial charge in [-0.1, -0.05) is 15.9 Å². The molecule has 1 heterocycles. The van der Waals surface area contributed by atoms with Crippen LogP contribution in [0.5, 0.6) is 0 Å². The number of nitrogens with zero attached hydrogens (tertiary/aromatic N) is 2.